The third-order valence-corrected chi connectivity index (χ3v) is 5.93. The Morgan fingerprint density at radius 2 is 1.79 bits per heavy atom. The Bertz CT molecular complexity index is 895. The van der Waals surface area contributed by atoms with E-state index in [0.717, 1.165) is 0 Å². The average molecular weight is 427 g/mol. The number of hydrogen-bond donors (Lipinski definition) is 1. The van der Waals surface area contributed by atoms with Crippen LogP contribution in [0.25, 0.3) is 0 Å². The Labute approximate surface area is 174 Å². The van der Waals surface area contributed by atoms with Crippen molar-refractivity contribution in [2.24, 2.45) is 0 Å². The van der Waals surface area contributed by atoms with Crippen molar-refractivity contribution in [3.63, 3.8) is 0 Å². The maximum atomic E-state index is 13.8. The summed E-state index contributed by atoms with van der Waals surface area (Å²) < 4.78 is 31.8. The number of hydrogen-bond acceptors (Lipinski definition) is 5. The van der Waals surface area contributed by atoms with Crippen molar-refractivity contribution < 1.29 is 18.4 Å². The minimum absolute atomic E-state index is 0.0892. The van der Waals surface area contributed by atoms with Gasteiger partial charge in [-0.25, -0.2) is 9.37 Å². The summed E-state index contributed by atoms with van der Waals surface area (Å²) in [6.07, 6.45) is 0.922. The number of anilines is 1. The molecule has 3 rings (SSSR count). The fraction of sp³-hybridized carbons (Fsp3) is 0.421. The van der Waals surface area contributed by atoms with E-state index in [1.54, 1.807) is 19.2 Å². The lowest BCUT2D eigenvalue weighted by atomic mass is 9.80. The highest BCUT2D eigenvalue weighted by atomic mass is 35.5. The van der Waals surface area contributed by atoms with Crippen molar-refractivity contribution in [2.45, 2.75) is 51.9 Å². The lowest BCUT2D eigenvalue weighted by Crippen LogP contribution is -2.41. The van der Waals surface area contributed by atoms with Crippen LogP contribution in [0.2, 0.25) is 10.0 Å². The highest BCUT2D eigenvalue weighted by Crippen LogP contribution is 2.38. The zero-order valence-corrected chi connectivity index (χ0v) is 17.9. The third-order valence-electron chi connectivity index (χ3n) is 5.22. The Kier molecular flexibility index (Phi) is 5.58. The second-order valence-corrected chi connectivity index (χ2v) is 8.54. The molecule has 0 bridgehead atoms. The van der Waals surface area contributed by atoms with Gasteiger partial charge in [0, 0.05) is 22.2 Å². The van der Waals surface area contributed by atoms with Crippen molar-refractivity contribution in [3.05, 3.63) is 45.8 Å². The highest BCUT2D eigenvalue weighted by Gasteiger charge is 2.52. The van der Waals surface area contributed by atoms with Crippen molar-refractivity contribution >= 4 is 41.6 Å². The summed E-state index contributed by atoms with van der Waals surface area (Å²) in [5, 5.41) is 0.209. The number of ether oxygens (including phenoxy) is 1. The summed E-state index contributed by atoms with van der Waals surface area (Å²) in [6.45, 7) is 9.56. The van der Waals surface area contributed by atoms with Crippen LogP contribution in [0, 0.1) is 5.82 Å². The molecule has 1 atom stereocenters. The minimum Gasteiger partial charge on any atom is -0.482 e. The van der Waals surface area contributed by atoms with Gasteiger partial charge in [-0.1, -0.05) is 23.2 Å². The molecule has 1 saturated heterocycles. The van der Waals surface area contributed by atoms with Crippen molar-refractivity contribution in [2.75, 3.05) is 5.73 Å². The normalized spacial score (nSPS) is 18.9. The Hall–Kier alpha value is -1.54. The topological polar surface area (TPSA) is 66.6 Å². The summed E-state index contributed by atoms with van der Waals surface area (Å²) in [4.78, 5) is 4.18. The molecule has 1 aromatic heterocycles. The highest BCUT2D eigenvalue weighted by molar-refractivity contribution is 6.62. The van der Waals surface area contributed by atoms with Gasteiger partial charge in [0.1, 0.15) is 11.9 Å². The van der Waals surface area contributed by atoms with Crippen molar-refractivity contribution in [1.29, 1.82) is 0 Å². The first-order chi connectivity index (χ1) is 12.9. The fourth-order valence-corrected chi connectivity index (χ4v) is 3.52. The number of benzene rings is 1. The third kappa shape index (κ3) is 3.81. The molecule has 2 aromatic rings. The first kappa shape index (κ1) is 21.2. The van der Waals surface area contributed by atoms with E-state index < -0.39 is 30.2 Å². The van der Waals surface area contributed by atoms with Gasteiger partial charge in [-0.3, -0.25) is 0 Å². The first-order valence-corrected chi connectivity index (χ1v) is 9.59. The van der Waals surface area contributed by atoms with Gasteiger partial charge in [-0.05, 0) is 52.8 Å². The molecule has 5 nitrogen and oxygen atoms in total. The SMILES string of the molecule is CC(Oc1cc(B2OC(C)(C)C(C)(C)O2)cnc1N)c1c(Cl)ccc(F)c1Cl. The molecular formula is C19H22BCl2FN2O3. The zero-order valence-electron chi connectivity index (χ0n) is 16.3. The molecule has 2 N–H and O–H groups in total. The van der Waals surface area contributed by atoms with E-state index in [1.807, 2.05) is 27.7 Å². The summed E-state index contributed by atoms with van der Waals surface area (Å²) in [6, 6.07) is 4.33. The van der Waals surface area contributed by atoms with Crippen LogP contribution in [0.1, 0.15) is 46.3 Å². The van der Waals surface area contributed by atoms with Crippen LogP contribution in [0.4, 0.5) is 10.2 Å². The molecule has 9 heteroatoms. The van der Waals surface area contributed by atoms with E-state index in [9.17, 15) is 4.39 Å². The first-order valence-electron chi connectivity index (χ1n) is 8.84. The van der Waals surface area contributed by atoms with Crippen molar-refractivity contribution in [1.82, 2.24) is 4.98 Å². The smallest absolute Gasteiger partial charge is 0.482 e. The maximum absolute atomic E-state index is 13.8. The molecule has 2 heterocycles. The van der Waals surface area contributed by atoms with E-state index in [1.165, 1.54) is 12.1 Å². The number of rotatable bonds is 4. The van der Waals surface area contributed by atoms with E-state index >= 15 is 0 Å². The molecule has 1 aromatic carbocycles. The van der Waals surface area contributed by atoms with Gasteiger partial charge in [0.2, 0.25) is 0 Å². The Balaban J connectivity index is 1.89. The van der Waals surface area contributed by atoms with Gasteiger partial charge < -0.3 is 19.8 Å². The van der Waals surface area contributed by atoms with Crippen LogP contribution in [0.3, 0.4) is 0 Å². The number of aromatic nitrogens is 1. The molecule has 0 aliphatic carbocycles. The molecule has 28 heavy (non-hydrogen) atoms. The van der Waals surface area contributed by atoms with Crippen LogP contribution in [-0.4, -0.2) is 23.3 Å². The molecule has 0 amide bonds. The molecule has 1 aliphatic rings. The molecule has 0 radical (unpaired) electrons. The van der Waals surface area contributed by atoms with Crippen LogP contribution in [-0.2, 0) is 9.31 Å². The van der Waals surface area contributed by atoms with Gasteiger partial charge in [0.05, 0.1) is 16.2 Å². The lowest BCUT2D eigenvalue weighted by molar-refractivity contribution is 0.00578. The van der Waals surface area contributed by atoms with Gasteiger partial charge in [-0.15, -0.1) is 0 Å². The fourth-order valence-electron chi connectivity index (χ4n) is 2.84. The van der Waals surface area contributed by atoms with Crippen molar-refractivity contribution in [3.8, 4) is 5.75 Å². The largest absolute Gasteiger partial charge is 0.496 e. The molecule has 1 unspecified atom stereocenters. The summed E-state index contributed by atoms with van der Waals surface area (Å²) >= 11 is 12.3. The van der Waals surface area contributed by atoms with Gasteiger partial charge in [-0.2, -0.15) is 0 Å². The molecule has 150 valence electrons. The van der Waals surface area contributed by atoms with Gasteiger partial charge in [0.15, 0.2) is 11.6 Å². The van der Waals surface area contributed by atoms with E-state index in [2.05, 4.69) is 4.98 Å². The molecule has 1 aliphatic heterocycles. The molecule has 1 fully saturated rings. The number of nitrogens with zero attached hydrogens (tertiary/aromatic N) is 1. The minimum atomic E-state index is -0.659. The van der Waals surface area contributed by atoms with Crippen LogP contribution >= 0.6 is 23.2 Å². The van der Waals surface area contributed by atoms with E-state index in [0.29, 0.717) is 21.8 Å². The predicted molar refractivity (Wildman–Crippen MR) is 110 cm³/mol. The number of halogens is 3. The van der Waals surface area contributed by atoms with Gasteiger partial charge >= 0.3 is 7.12 Å². The van der Waals surface area contributed by atoms with E-state index in [4.69, 9.17) is 43.0 Å². The predicted octanol–water partition coefficient (Wildman–Crippen LogP) is 4.55. The number of nitrogen functional groups attached to an aromatic ring is 1. The molecule has 0 saturated carbocycles. The average Bonchev–Trinajstić information content (AvgIpc) is 2.81. The van der Waals surface area contributed by atoms with Crippen LogP contribution in [0.15, 0.2) is 24.4 Å². The number of pyridine rings is 1. The lowest BCUT2D eigenvalue weighted by Gasteiger charge is -2.32. The second-order valence-electron chi connectivity index (χ2n) is 7.76. The Morgan fingerprint density at radius 1 is 1.18 bits per heavy atom. The zero-order chi connectivity index (χ0) is 20.9. The molecular weight excluding hydrogens is 405 g/mol. The van der Waals surface area contributed by atoms with Gasteiger partial charge in [0.25, 0.3) is 0 Å². The quantitative estimate of drug-likeness (QED) is 0.573. The Morgan fingerprint density at radius 3 is 2.39 bits per heavy atom. The second kappa shape index (κ2) is 7.37. The summed E-state index contributed by atoms with van der Waals surface area (Å²) in [7, 11) is -0.614. The standard InChI is InChI=1S/C19H22BCl2FN2O3/c1-10(15-12(21)6-7-13(23)16(15)22)26-14-8-11(9-25-17(14)24)20-27-18(2,3)19(4,5)28-20/h6-10H,1-5H3,(H2,24,25). The van der Waals surface area contributed by atoms with Crippen LogP contribution in [0.5, 0.6) is 5.75 Å². The van der Waals surface area contributed by atoms with Crippen LogP contribution < -0.4 is 15.9 Å². The van der Waals surface area contributed by atoms with E-state index in [-0.39, 0.29) is 10.8 Å². The number of nitrogens with two attached hydrogens (primary N) is 1. The summed E-state index contributed by atoms with van der Waals surface area (Å²) in [5.74, 6) is -0.0968. The maximum Gasteiger partial charge on any atom is 0.496 e. The summed E-state index contributed by atoms with van der Waals surface area (Å²) in [5.41, 5.74) is 5.98. The molecule has 0 spiro atoms. The monoisotopic (exact) mass is 426 g/mol.